The molecule has 4 heterocycles. The molecule has 0 radical (unpaired) electrons. The maximum atomic E-state index is 13.3. The van der Waals surface area contributed by atoms with Crippen molar-refractivity contribution in [2.24, 2.45) is 5.16 Å². The number of sulfonamides is 1. The van der Waals surface area contributed by atoms with E-state index in [4.69, 9.17) is 21.6 Å². The van der Waals surface area contributed by atoms with Crippen LogP contribution in [0.3, 0.4) is 0 Å². The molecule has 2 N–H and O–H groups in total. The van der Waals surface area contributed by atoms with Crippen LogP contribution in [-0.4, -0.2) is 62.1 Å². The van der Waals surface area contributed by atoms with Crippen molar-refractivity contribution >= 4 is 49.6 Å². The topological polar surface area (TPSA) is 125 Å². The number of oxime groups is 1. The van der Waals surface area contributed by atoms with Crippen LogP contribution in [0.2, 0.25) is 5.02 Å². The minimum absolute atomic E-state index is 0.162. The van der Waals surface area contributed by atoms with Gasteiger partial charge in [0, 0.05) is 47.5 Å². The number of nitrogens with zero attached hydrogens (tertiary/aromatic N) is 6. The Morgan fingerprint density at radius 1 is 1.17 bits per heavy atom. The molecule has 10 nitrogen and oxygen atoms in total. The maximum Gasteiger partial charge on any atom is 0.243 e. The maximum absolute atomic E-state index is 13.3. The first-order valence-corrected chi connectivity index (χ1v) is 15.6. The Bertz CT molecular complexity index is 1850. The first-order chi connectivity index (χ1) is 19.8. The van der Waals surface area contributed by atoms with E-state index in [9.17, 15) is 13.6 Å². The average Bonchev–Trinajstić information content (AvgIpc) is 3.59. The minimum Gasteiger partial charge on any atom is -0.411 e. The number of anilines is 1. The van der Waals surface area contributed by atoms with Crippen molar-refractivity contribution in [2.75, 3.05) is 18.4 Å². The highest BCUT2D eigenvalue weighted by Gasteiger charge is 2.30. The molecular formula is C28H26ClN7O3S2. The largest absolute Gasteiger partial charge is 0.411 e. The van der Waals surface area contributed by atoms with E-state index in [0.29, 0.717) is 41.9 Å². The fraction of sp³-hybridized carbons (Fsp3) is 0.214. The van der Waals surface area contributed by atoms with E-state index in [-0.39, 0.29) is 10.9 Å². The second-order valence-electron chi connectivity index (χ2n) is 9.70. The van der Waals surface area contributed by atoms with E-state index in [1.54, 1.807) is 25.3 Å². The molecule has 0 spiro atoms. The van der Waals surface area contributed by atoms with Gasteiger partial charge in [0.05, 0.1) is 22.0 Å². The van der Waals surface area contributed by atoms with Gasteiger partial charge in [-0.3, -0.25) is 4.40 Å². The number of imidazole rings is 1. The third kappa shape index (κ3) is 5.43. The Kier molecular flexibility index (Phi) is 7.47. The van der Waals surface area contributed by atoms with E-state index in [1.807, 2.05) is 46.3 Å². The van der Waals surface area contributed by atoms with Crippen LogP contribution in [0.4, 0.5) is 5.95 Å². The number of rotatable bonds is 7. The number of benzene rings is 2. The summed E-state index contributed by atoms with van der Waals surface area (Å²) in [5.74, 6) is 0.409. The van der Waals surface area contributed by atoms with E-state index in [0.717, 1.165) is 33.9 Å². The van der Waals surface area contributed by atoms with Crippen LogP contribution < -0.4 is 5.32 Å². The number of aromatic nitrogens is 4. The fourth-order valence-electron chi connectivity index (χ4n) is 4.96. The van der Waals surface area contributed by atoms with Gasteiger partial charge in [-0.25, -0.2) is 23.4 Å². The molecule has 1 aliphatic rings. The number of hydrogen-bond donors (Lipinski definition) is 2. The number of hydrogen-bond acceptors (Lipinski definition) is 9. The molecule has 0 unspecified atom stereocenters. The molecule has 5 aromatic rings. The predicted molar refractivity (Wildman–Crippen MR) is 160 cm³/mol. The smallest absolute Gasteiger partial charge is 0.243 e. The van der Waals surface area contributed by atoms with Crippen LogP contribution in [-0.2, 0) is 10.0 Å². The van der Waals surface area contributed by atoms with Gasteiger partial charge in [-0.2, -0.15) is 4.31 Å². The second kappa shape index (κ2) is 11.2. The summed E-state index contributed by atoms with van der Waals surface area (Å²) in [6, 6.07) is 15.6. The zero-order chi connectivity index (χ0) is 28.6. The molecule has 0 aliphatic carbocycles. The summed E-state index contributed by atoms with van der Waals surface area (Å²) in [6.45, 7) is 2.48. The van der Waals surface area contributed by atoms with E-state index >= 15 is 0 Å². The van der Waals surface area contributed by atoms with E-state index < -0.39 is 10.0 Å². The number of thiazole rings is 1. The molecule has 210 valence electrons. The summed E-state index contributed by atoms with van der Waals surface area (Å²) in [6.07, 6.45) is 5.13. The van der Waals surface area contributed by atoms with Crippen LogP contribution in [0.5, 0.6) is 0 Å². The van der Waals surface area contributed by atoms with Crippen LogP contribution in [0.1, 0.15) is 25.3 Å². The lowest BCUT2D eigenvalue weighted by Gasteiger charge is -2.32. The van der Waals surface area contributed by atoms with E-state index in [2.05, 4.69) is 15.5 Å². The van der Waals surface area contributed by atoms with Crippen molar-refractivity contribution in [1.82, 2.24) is 23.7 Å². The highest BCUT2D eigenvalue weighted by atomic mass is 35.5. The highest BCUT2D eigenvalue weighted by molar-refractivity contribution is 7.89. The molecule has 6 rings (SSSR count). The first-order valence-electron chi connectivity index (χ1n) is 12.9. The molecule has 41 heavy (non-hydrogen) atoms. The summed E-state index contributed by atoms with van der Waals surface area (Å²) in [5.41, 5.74) is 4.36. The standard InChI is InChI=1S/C28H26ClN7O3S2/c1-18(34-37)19-4-2-5-20(16-19)25-26(36-14-15-40-28(36)33-25)24-11-12-30-27(32-24)31-22-6-3-13-35(17-22)41(38,39)23-9-7-21(29)8-10-23/h2,4-5,7-12,14-16,22,37H,3,6,13,17H2,1H3,(H,30,31,32)/b34-18+/t22-/m1/s1. The van der Waals surface area contributed by atoms with E-state index in [1.165, 1.54) is 27.8 Å². The zero-order valence-corrected chi connectivity index (χ0v) is 24.4. The van der Waals surface area contributed by atoms with Crippen molar-refractivity contribution in [1.29, 1.82) is 0 Å². The number of halogens is 1. The van der Waals surface area contributed by atoms with Crippen LogP contribution in [0, 0.1) is 0 Å². The lowest BCUT2D eigenvalue weighted by molar-refractivity contribution is 0.319. The van der Waals surface area contributed by atoms with Crippen LogP contribution in [0.25, 0.3) is 27.6 Å². The van der Waals surface area contributed by atoms with Gasteiger partial charge < -0.3 is 10.5 Å². The van der Waals surface area contributed by atoms with Gasteiger partial charge in [-0.05, 0) is 61.7 Å². The zero-order valence-electron chi connectivity index (χ0n) is 22.0. The molecule has 13 heteroatoms. The molecular weight excluding hydrogens is 582 g/mol. The van der Waals surface area contributed by atoms with Gasteiger partial charge >= 0.3 is 0 Å². The minimum atomic E-state index is -3.65. The molecule has 1 aliphatic heterocycles. The van der Waals surface area contributed by atoms with Crippen LogP contribution >= 0.6 is 22.9 Å². The predicted octanol–water partition coefficient (Wildman–Crippen LogP) is 5.64. The lowest BCUT2D eigenvalue weighted by Crippen LogP contribution is -2.45. The quantitative estimate of drug-likeness (QED) is 0.139. The number of fused-ring (bicyclic) bond motifs is 1. The van der Waals surface area contributed by atoms with Crippen molar-refractivity contribution in [2.45, 2.75) is 30.7 Å². The molecule has 0 amide bonds. The highest BCUT2D eigenvalue weighted by Crippen LogP contribution is 2.34. The molecule has 1 atom stereocenters. The monoisotopic (exact) mass is 607 g/mol. The van der Waals surface area contributed by atoms with Crippen molar-refractivity contribution < 1.29 is 13.6 Å². The van der Waals surface area contributed by atoms with Gasteiger partial charge in [-0.1, -0.05) is 35.0 Å². The molecule has 3 aromatic heterocycles. The lowest BCUT2D eigenvalue weighted by atomic mass is 10.0. The van der Waals surface area contributed by atoms with Gasteiger partial charge in [-0.15, -0.1) is 11.3 Å². The van der Waals surface area contributed by atoms with Gasteiger partial charge in [0.1, 0.15) is 5.69 Å². The molecule has 0 bridgehead atoms. The summed E-state index contributed by atoms with van der Waals surface area (Å²) in [5, 5.41) is 18.4. The SMILES string of the molecule is C/C(=N\O)c1cccc(-c2nc3sccn3c2-c2ccnc(N[C@@H]3CCCN(S(=O)(=O)c4ccc(Cl)cc4)C3)n2)c1. The Balaban J connectivity index is 1.29. The third-order valence-corrected chi connectivity index (χ3v) is 9.92. The summed E-state index contributed by atoms with van der Waals surface area (Å²) in [4.78, 5) is 15.2. The number of piperidine rings is 1. The Hall–Kier alpha value is -3.84. The normalized spacial score (nSPS) is 16.7. The van der Waals surface area contributed by atoms with Gasteiger partial charge in [0.25, 0.3) is 0 Å². The summed E-state index contributed by atoms with van der Waals surface area (Å²) < 4.78 is 30.0. The Labute approximate surface area is 246 Å². The van der Waals surface area contributed by atoms with Gasteiger partial charge in [0.15, 0.2) is 4.96 Å². The molecule has 1 saturated heterocycles. The van der Waals surface area contributed by atoms with Gasteiger partial charge in [0.2, 0.25) is 16.0 Å². The summed E-state index contributed by atoms with van der Waals surface area (Å²) in [7, 11) is -3.65. The second-order valence-corrected chi connectivity index (χ2v) is 12.9. The number of nitrogens with one attached hydrogen (secondary N) is 1. The molecule has 1 fully saturated rings. The van der Waals surface area contributed by atoms with Crippen LogP contribution in [0.15, 0.2) is 82.4 Å². The van der Waals surface area contributed by atoms with Crippen molar-refractivity contribution in [3.05, 3.63) is 83.0 Å². The Morgan fingerprint density at radius 3 is 2.80 bits per heavy atom. The Morgan fingerprint density at radius 2 is 2.00 bits per heavy atom. The van der Waals surface area contributed by atoms with Crippen molar-refractivity contribution in [3.63, 3.8) is 0 Å². The molecule has 2 aromatic carbocycles. The first kappa shape index (κ1) is 27.3. The molecule has 0 saturated carbocycles. The summed E-state index contributed by atoms with van der Waals surface area (Å²) >= 11 is 7.48. The third-order valence-electron chi connectivity index (χ3n) is 7.03. The van der Waals surface area contributed by atoms with Crippen molar-refractivity contribution in [3.8, 4) is 22.6 Å². The fourth-order valence-corrected chi connectivity index (χ4v) is 7.32. The average molecular weight is 608 g/mol.